The third-order valence-electron chi connectivity index (χ3n) is 7.50. The van der Waals surface area contributed by atoms with Crippen LogP contribution in [0.5, 0.6) is 0 Å². The van der Waals surface area contributed by atoms with E-state index in [1.165, 1.54) is 79.9 Å². The summed E-state index contributed by atoms with van der Waals surface area (Å²) in [6, 6.07) is 18.3. The molecule has 1 aliphatic carbocycles. The minimum atomic E-state index is -0.0395. The van der Waals surface area contributed by atoms with E-state index in [0.717, 1.165) is 32.1 Å². The van der Waals surface area contributed by atoms with E-state index in [9.17, 15) is 4.79 Å². The van der Waals surface area contributed by atoms with Crippen molar-refractivity contribution in [2.75, 3.05) is 0 Å². The van der Waals surface area contributed by atoms with Gasteiger partial charge in [0.2, 0.25) is 0 Å². The number of aldehydes is 1. The number of benzene rings is 2. The van der Waals surface area contributed by atoms with Crippen LogP contribution in [0.25, 0.3) is 11.1 Å². The van der Waals surface area contributed by atoms with Crippen LogP contribution in [0.4, 0.5) is 0 Å². The Morgan fingerprint density at radius 2 is 1.35 bits per heavy atom. The molecule has 1 saturated carbocycles. The highest BCUT2D eigenvalue weighted by molar-refractivity contribution is 5.64. The summed E-state index contributed by atoms with van der Waals surface area (Å²) in [5.41, 5.74) is 5.45. The molecular formula is C30H42O. The van der Waals surface area contributed by atoms with Crippen LogP contribution in [0, 0.1) is 5.41 Å². The molecule has 1 aliphatic rings. The summed E-state index contributed by atoms with van der Waals surface area (Å²) in [5, 5.41) is 0. The van der Waals surface area contributed by atoms with Crippen LogP contribution >= 0.6 is 0 Å². The molecule has 2 aromatic rings. The van der Waals surface area contributed by atoms with Crippen molar-refractivity contribution in [2.45, 2.75) is 103 Å². The Hall–Kier alpha value is -1.89. The number of aryl methyl sites for hydroxylation is 1. The summed E-state index contributed by atoms with van der Waals surface area (Å²) >= 11 is 0. The maximum absolute atomic E-state index is 11.9. The lowest BCUT2D eigenvalue weighted by molar-refractivity contribution is -0.118. The normalized spacial score (nSPS) is 21.2. The molecule has 0 aromatic heterocycles. The van der Waals surface area contributed by atoms with Crippen molar-refractivity contribution in [3.8, 4) is 11.1 Å². The Labute approximate surface area is 190 Å². The van der Waals surface area contributed by atoms with Crippen molar-refractivity contribution in [1.82, 2.24) is 0 Å². The second kappa shape index (κ2) is 12.2. The van der Waals surface area contributed by atoms with E-state index in [1.807, 2.05) is 0 Å². The van der Waals surface area contributed by atoms with E-state index >= 15 is 0 Å². The Balaban J connectivity index is 1.53. The Morgan fingerprint density at radius 3 is 1.94 bits per heavy atom. The fourth-order valence-corrected chi connectivity index (χ4v) is 5.23. The van der Waals surface area contributed by atoms with E-state index in [4.69, 9.17) is 0 Å². The summed E-state index contributed by atoms with van der Waals surface area (Å²) in [5.74, 6) is 0.610. The first-order valence-corrected chi connectivity index (χ1v) is 12.9. The highest BCUT2D eigenvalue weighted by Crippen LogP contribution is 2.45. The van der Waals surface area contributed by atoms with Crippen LogP contribution in [0.3, 0.4) is 0 Å². The van der Waals surface area contributed by atoms with Gasteiger partial charge in [-0.1, -0.05) is 101 Å². The van der Waals surface area contributed by atoms with Crippen LogP contribution in [0.15, 0.2) is 48.5 Å². The van der Waals surface area contributed by atoms with Gasteiger partial charge in [-0.15, -0.1) is 0 Å². The van der Waals surface area contributed by atoms with E-state index in [0.29, 0.717) is 5.92 Å². The summed E-state index contributed by atoms with van der Waals surface area (Å²) in [6.45, 7) is 4.50. The molecule has 1 fully saturated rings. The van der Waals surface area contributed by atoms with Gasteiger partial charge < -0.3 is 4.79 Å². The SMILES string of the molecule is CCCCCCCC1(C=O)CCC(c2ccc(-c3ccc(CCCC)cc3)cc2)CC1. The molecule has 0 aliphatic heterocycles. The second-order valence-corrected chi connectivity index (χ2v) is 9.84. The summed E-state index contributed by atoms with van der Waals surface area (Å²) in [4.78, 5) is 11.9. The van der Waals surface area contributed by atoms with Crippen molar-refractivity contribution in [2.24, 2.45) is 5.41 Å². The molecule has 0 heterocycles. The van der Waals surface area contributed by atoms with Gasteiger partial charge >= 0.3 is 0 Å². The molecule has 1 nitrogen and oxygen atoms in total. The third kappa shape index (κ3) is 6.79. The minimum absolute atomic E-state index is 0.0395. The zero-order valence-corrected chi connectivity index (χ0v) is 19.9. The largest absolute Gasteiger partial charge is 0.303 e. The van der Waals surface area contributed by atoms with Crippen LogP contribution in [0.1, 0.15) is 108 Å². The predicted octanol–water partition coefficient (Wildman–Crippen LogP) is 8.90. The van der Waals surface area contributed by atoms with Gasteiger partial charge in [0, 0.05) is 5.41 Å². The van der Waals surface area contributed by atoms with Gasteiger partial charge in [-0.2, -0.15) is 0 Å². The lowest BCUT2D eigenvalue weighted by Gasteiger charge is -2.36. The molecule has 2 aromatic carbocycles. The average Bonchev–Trinajstić information content (AvgIpc) is 2.83. The Bertz CT molecular complexity index is 763. The maximum Gasteiger partial charge on any atom is 0.126 e. The van der Waals surface area contributed by atoms with E-state index < -0.39 is 0 Å². The Morgan fingerprint density at radius 1 is 0.774 bits per heavy atom. The van der Waals surface area contributed by atoms with Gasteiger partial charge in [0.1, 0.15) is 6.29 Å². The van der Waals surface area contributed by atoms with E-state index in [-0.39, 0.29) is 5.41 Å². The van der Waals surface area contributed by atoms with Gasteiger partial charge in [0.15, 0.2) is 0 Å². The number of hydrogen-bond acceptors (Lipinski definition) is 1. The van der Waals surface area contributed by atoms with E-state index in [2.05, 4.69) is 62.4 Å². The fourth-order valence-electron chi connectivity index (χ4n) is 5.23. The molecule has 0 bridgehead atoms. The van der Waals surface area contributed by atoms with Crippen LogP contribution < -0.4 is 0 Å². The topological polar surface area (TPSA) is 17.1 Å². The first-order chi connectivity index (χ1) is 15.2. The lowest BCUT2D eigenvalue weighted by atomic mass is 9.67. The molecule has 31 heavy (non-hydrogen) atoms. The Kier molecular flexibility index (Phi) is 9.37. The van der Waals surface area contributed by atoms with Crippen molar-refractivity contribution in [3.63, 3.8) is 0 Å². The minimum Gasteiger partial charge on any atom is -0.303 e. The zero-order chi connectivity index (χ0) is 21.9. The maximum atomic E-state index is 11.9. The van der Waals surface area contributed by atoms with Crippen molar-refractivity contribution in [3.05, 3.63) is 59.7 Å². The molecule has 1 heteroatoms. The highest BCUT2D eigenvalue weighted by Gasteiger charge is 2.34. The lowest BCUT2D eigenvalue weighted by Crippen LogP contribution is -2.28. The van der Waals surface area contributed by atoms with E-state index in [1.54, 1.807) is 0 Å². The van der Waals surface area contributed by atoms with Crippen LogP contribution in [-0.4, -0.2) is 6.29 Å². The van der Waals surface area contributed by atoms with Crippen LogP contribution in [0.2, 0.25) is 0 Å². The van der Waals surface area contributed by atoms with Gasteiger partial charge in [-0.25, -0.2) is 0 Å². The number of hydrogen-bond donors (Lipinski definition) is 0. The fraction of sp³-hybridized carbons (Fsp3) is 0.567. The van der Waals surface area contributed by atoms with Gasteiger partial charge in [-0.3, -0.25) is 0 Å². The second-order valence-electron chi connectivity index (χ2n) is 9.84. The first kappa shape index (κ1) is 23.8. The molecule has 3 rings (SSSR count). The molecule has 0 radical (unpaired) electrons. The number of carbonyl (C=O) groups is 1. The molecule has 0 spiro atoms. The van der Waals surface area contributed by atoms with Crippen molar-refractivity contribution in [1.29, 1.82) is 0 Å². The number of unbranched alkanes of at least 4 members (excludes halogenated alkanes) is 5. The van der Waals surface area contributed by atoms with Crippen molar-refractivity contribution >= 4 is 6.29 Å². The standard InChI is InChI=1S/C30H42O/c1-3-5-7-8-9-21-30(24-31)22-19-29(20-23-30)28-17-15-27(16-18-28)26-13-11-25(12-14-26)10-6-4-2/h11-18,24,29H,3-10,19-23H2,1-2H3. The summed E-state index contributed by atoms with van der Waals surface area (Å²) in [6.07, 6.45) is 17.0. The molecule has 0 unspecified atom stereocenters. The average molecular weight is 419 g/mol. The summed E-state index contributed by atoms with van der Waals surface area (Å²) in [7, 11) is 0. The third-order valence-corrected chi connectivity index (χ3v) is 7.50. The first-order valence-electron chi connectivity index (χ1n) is 12.9. The van der Waals surface area contributed by atoms with Crippen LogP contribution in [-0.2, 0) is 11.2 Å². The smallest absolute Gasteiger partial charge is 0.126 e. The molecule has 0 N–H and O–H groups in total. The number of carbonyl (C=O) groups excluding carboxylic acids is 1. The quantitative estimate of drug-likeness (QED) is 0.248. The molecule has 0 atom stereocenters. The monoisotopic (exact) mass is 418 g/mol. The van der Waals surface area contributed by atoms with Gasteiger partial charge in [0.25, 0.3) is 0 Å². The highest BCUT2D eigenvalue weighted by atomic mass is 16.1. The summed E-state index contributed by atoms with van der Waals surface area (Å²) < 4.78 is 0. The van der Waals surface area contributed by atoms with Gasteiger partial charge in [0.05, 0.1) is 0 Å². The van der Waals surface area contributed by atoms with Gasteiger partial charge in [-0.05, 0) is 73.1 Å². The predicted molar refractivity (Wildman–Crippen MR) is 134 cm³/mol. The molecular weight excluding hydrogens is 376 g/mol. The van der Waals surface area contributed by atoms with Crippen molar-refractivity contribution < 1.29 is 4.79 Å². The zero-order valence-electron chi connectivity index (χ0n) is 19.9. The molecule has 0 saturated heterocycles. The number of rotatable bonds is 12. The molecule has 0 amide bonds. The molecule has 168 valence electrons.